The third-order valence-electron chi connectivity index (χ3n) is 6.19. The quantitative estimate of drug-likeness (QED) is 0.267. The fourth-order valence-electron chi connectivity index (χ4n) is 4.05. The number of carbonyl (C=O) groups is 1. The van der Waals surface area contributed by atoms with Crippen molar-refractivity contribution in [3.8, 4) is 11.8 Å². The SMILES string of the molecule is CCCOC(=O)c1cccc(CCN(C)CCCC(C#N)(c2cc[c-]c(OC)c2)C(C)C)c1.[Co]. The molecule has 0 aliphatic rings. The number of hydrogen-bond donors (Lipinski definition) is 0. The Morgan fingerprint density at radius 3 is 2.65 bits per heavy atom. The molecule has 2 aromatic rings. The van der Waals surface area contributed by atoms with Crippen LogP contribution < -0.4 is 4.74 Å². The summed E-state index contributed by atoms with van der Waals surface area (Å²) in [5, 5.41) is 10.2. The Hall–Kier alpha value is -2.33. The Balaban J connectivity index is 0.00000578. The van der Waals surface area contributed by atoms with E-state index in [1.54, 1.807) is 13.2 Å². The van der Waals surface area contributed by atoms with Crippen molar-refractivity contribution in [2.45, 2.75) is 51.9 Å². The second kappa shape index (κ2) is 14.8. The summed E-state index contributed by atoms with van der Waals surface area (Å²) in [5.41, 5.74) is 2.16. The minimum absolute atomic E-state index is 0. The number of ether oxygens (including phenoxy) is 2. The minimum atomic E-state index is -0.559. The van der Waals surface area contributed by atoms with Crippen LogP contribution in [0.3, 0.4) is 0 Å². The van der Waals surface area contributed by atoms with Crippen LogP contribution >= 0.6 is 0 Å². The van der Waals surface area contributed by atoms with Crippen LogP contribution in [-0.4, -0.2) is 44.7 Å². The second-order valence-corrected chi connectivity index (χ2v) is 8.88. The van der Waals surface area contributed by atoms with Gasteiger partial charge in [-0.2, -0.15) is 17.4 Å². The molecular formula is C28H37CoN2O3-. The Morgan fingerprint density at radius 1 is 1.24 bits per heavy atom. The van der Waals surface area contributed by atoms with E-state index in [4.69, 9.17) is 9.47 Å². The largest absolute Gasteiger partial charge is 0.523 e. The van der Waals surface area contributed by atoms with Crippen molar-refractivity contribution in [2.75, 3.05) is 33.9 Å². The van der Waals surface area contributed by atoms with Gasteiger partial charge < -0.3 is 14.4 Å². The molecule has 0 heterocycles. The first-order chi connectivity index (χ1) is 15.9. The van der Waals surface area contributed by atoms with Crippen molar-refractivity contribution in [1.29, 1.82) is 5.26 Å². The zero-order chi connectivity index (χ0) is 24.3. The van der Waals surface area contributed by atoms with Gasteiger partial charge in [0.15, 0.2) is 0 Å². The van der Waals surface area contributed by atoms with Crippen LogP contribution in [0.1, 0.15) is 61.5 Å². The number of likely N-dealkylation sites (N-methyl/N-ethyl adjacent to an activating group) is 1. The van der Waals surface area contributed by atoms with Crippen LogP contribution in [-0.2, 0) is 33.4 Å². The smallest absolute Gasteiger partial charge is 0.338 e. The van der Waals surface area contributed by atoms with Crippen LogP contribution in [0.2, 0.25) is 0 Å². The first-order valence-electron chi connectivity index (χ1n) is 11.8. The molecule has 0 saturated carbocycles. The Labute approximate surface area is 215 Å². The van der Waals surface area contributed by atoms with Gasteiger partial charge in [-0.05, 0) is 62.9 Å². The molecule has 2 rings (SSSR count). The van der Waals surface area contributed by atoms with Crippen molar-refractivity contribution >= 4 is 5.97 Å². The van der Waals surface area contributed by atoms with E-state index < -0.39 is 5.41 Å². The second-order valence-electron chi connectivity index (χ2n) is 8.88. The summed E-state index contributed by atoms with van der Waals surface area (Å²) in [5.74, 6) is 0.574. The zero-order valence-corrected chi connectivity index (χ0v) is 22.1. The van der Waals surface area contributed by atoms with Gasteiger partial charge in [-0.1, -0.05) is 32.9 Å². The molecule has 187 valence electrons. The minimum Gasteiger partial charge on any atom is -0.523 e. The monoisotopic (exact) mass is 508 g/mol. The molecule has 0 aromatic heterocycles. The van der Waals surface area contributed by atoms with Gasteiger partial charge >= 0.3 is 5.97 Å². The summed E-state index contributed by atoms with van der Waals surface area (Å²) >= 11 is 0. The molecule has 0 fully saturated rings. The molecule has 1 radical (unpaired) electrons. The van der Waals surface area contributed by atoms with Gasteiger partial charge in [-0.15, -0.1) is 17.7 Å². The first-order valence-corrected chi connectivity index (χ1v) is 11.8. The normalized spacial score (nSPS) is 12.5. The molecule has 0 saturated heterocycles. The Bertz CT molecular complexity index is 941. The van der Waals surface area contributed by atoms with Crippen molar-refractivity contribution in [1.82, 2.24) is 4.90 Å². The fraction of sp³-hybridized carbons (Fsp3) is 0.500. The third kappa shape index (κ3) is 8.16. The van der Waals surface area contributed by atoms with Crippen LogP contribution in [0.25, 0.3) is 0 Å². The molecule has 34 heavy (non-hydrogen) atoms. The maximum atomic E-state index is 12.1. The summed E-state index contributed by atoms with van der Waals surface area (Å²) < 4.78 is 10.6. The first kappa shape index (κ1) is 29.7. The van der Waals surface area contributed by atoms with Crippen LogP contribution in [0.15, 0.2) is 42.5 Å². The fourth-order valence-corrected chi connectivity index (χ4v) is 4.05. The number of esters is 1. The predicted molar refractivity (Wildman–Crippen MR) is 131 cm³/mol. The van der Waals surface area contributed by atoms with E-state index in [0.717, 1.165) is 49.9 Å². The molecular weight excluding hydrogens is 471 g/mol. The number of nitrogens with zero attached hydrogens (tertiary/aromatic N) is 2. The molecule has 6 heteroatoms. The van der Waals surface area contributed by atoms with Crippen molar-refractivity contribution in [2.24, 2.45) is 5.92 Å². The van der Waals surface area contributed by atoms with Crippen LogP contribution in [0.4, 0.5) is 0 Å². The third-order valence-corrected chi connectivity index (χ3v) is 6.19. The summed E-state index contributed by atoms with van der Waals surface area (Å²) in [4.78, 5) is 14.4. The number of methoxy groups -OCH3 is 1. The molecule has 0 spiro atoms. The molecule has 0 N–H and O–H groups in total. The summed E-state index contributed by atoms with van der Waals surface area (Å²) in [7, 11) is 3.72. The maximum Gasteiger partial charge on any atom is 0.338 e. The summed E-state index contributed by atoms with van der Waals surface area (Å²) in [6.45, 7) is 8.41. The van der Waals surface area contributed by atoms with E-state index in [-0.39, 0.29) is 28.7 Å². The van der Waals surface area contributed by atoms with Gasteiger partial charge in [-0.3, -0.25) is 0 Å². The van der Waals surface area contributed by atoms with Gasteiger partial charge in [0.25, 0.3) is 0 Å². The molecule has 1 atom stereocenters. The average molecular weight is 509 g/mol. The van der Waals surface area contributed by atoms with Gasteiger partial charge in [0.05, 0.1) is 30.8 Å². The van der Waals surface area contributed by atoms with Gasteiger partial charge in [-0.25, -0.2) is 4.79 Å². The molecule has 0 aliphatic carbocycles. The maximum absolute atomic E-state index is 12.1. The average Bonchev–Trinajstić information content (AvgIpc) is 2.84. The van der Waals surface area contributed by atoms with Crippen LogP contribution in [0, 0.1) is 23.3 Å². The zero-order valence-electron chi connectivity index (χ0n) is 21.0. The molecule has 5 nitrogen and oxygen atoms in total. The summed E-state index contributed by atoms with van der Waals surface area (Å²) in [6.07, 6.45) is 3.35. The topological polar surface area (TPSA) is 62.6 Å². The van der Waals surface area contributed by atoms with Crippen molar-refractivity contribution < 1.29 is 31.0 Å². The van der Waals surface area contributed by atoms with E-state index in [1.807, 2.05) is 43.3 Å². The van der Waals surface area contributed by atoms with E-state index >= 15 is 0 Å². The summed E-state index contributed by atoms with van der Waals surface area (Å²) in [6, 6.07) is 19.1. The molecule has 2 aromatic carbocycles. The molecule has 0 aliphatic heterocycles. The van der Waals surface area contributed by atoms with Crippen molar-refractivity contribution in [3.63, 3.8) is 0 Å². The Morgan fingerprint density at radius 2 is 2.00 bits per heavy atom. The van der Waals surface area contributed by atoms with Gasteiger partial charge in [0.2, 0.25) is 0 Å². The number of carbonyl (C=O) groups excluding carboxylic acids is 1. The standard InChI is InChI=1S/C28H37N2O3.Co/c1-6-18-33-27(31)24-11-7-10-23(19-24)14-17-30(4)16-9-15-28(21-29,22(2)3)25-12-8-13-26(20-25)32-5;/h7-8,10-12,19-20,22H,6,9,14-18H2,1-5H3;/q-1;. The van der Waals surface area contributed by atoms with E-state index in [2.05, 4.69) is 37.9 Å². The van der Waals surface area contributed by atoms with Gasteiger partial charge in [0, 0.05) is 29.1 Å². The molecule has 0 bridgehead atoms. The Kier molecular flexibility index (Phi) is 13.0. The number of hydrogen-bond acceptors (Lipinski definition) is 5. The molecule has 0 amide bonds. The van der Waals surface area contributed by atoms with E-state index in [0.29, 0.717) is 17.9 Å². The predicted octanol–water partition coefficient (Wildman–Crippen LogP) is 5.43. The van der Waals surface area contributed by atoms with E-state index in [9.17, 15) is 10.1 Å². The number of benzene rings is 2. The van der Waals surface area contributed by atoms with Crippen molar-refractivity contribution in [3.05, 3.63) is 65.2 Å². The van der Waals surface area contributed by atoms with Crippen LogP contribution in [0.5, 0.6) is 5.75 Å². The van der Waals surface area contributed by atoms with Gasteiger partial charge in [0.1, 0.15) is 0 Å². The number of nitriles is 1. The van der Waals surface area contributed by atoms with E-state index in [1.165, 1.54) is 0 Å². The molecule has 1 unspecified atom stereocenters. The number of rotatable bonds is 13.